The van der Waals surface area contributed by atoms with Gasteiger partial charge in [0.25, 0.3) is 11.8 Å². The van der Waals surface area contributed by atoms with Crippen molar-refractivity contribution in [2.75, 3.05) is 19.0 Å². The summed E-state index contributed by atoms with van der Waals surface area (Å²) in [6, 6.07) is 16.7. The Morgan fingerprint density at radius 2 is 1.58 bits per heavy atom. The van der Waals surface area contributed by atoms with Crippen LogP contribution in [0.3, 0.4) is 0 Å². The van der Waals surface area contributed by atoms with Gasteiger partial charge in [-0.1, -0.05) is 42.5 Å². The molecule has 0 radical (unpaired) electrons. The largest absolute Gasteiger partial charge is 0.483 e. The molecule has 0 aliphatic heterocycles. The average Bonchev–Trinajstić information content (AvgIpc) is 2.78. The maximum Gasteiger partial charge on any atom is 0.416 e. The molecule has 3 aromatic carbocycles. The van der Waals surface area contributed by atoms with Crippen LogP contribution in [0.25, 0.3) is 0 Å². The Morgan fingerprint density at radius 1 is 0.939 bits per heavy atom. The highest BCUT2D eigenvalue weighted by Gasteiger charge is 2.33. The molecule has 3 rings (SSSR count). The Labute approximate surface area is 187 Å². The van der Waals surface area contributed by atoms with Crippen molar-refractivity contribution < 1.29 is 31.9 Å². The molecule has 3 aromatic rings. The van der Waals surface area contributed by atoms with Crippen LogP contribution in [0.15, 0.2) is 72.8 Å². The first-order valence-electron chi connectivity index (χ1n) is 9.83. The molecule has 0 unspecified atom stereocenters. The molecule has 0 saturated carbocycles. The lowest BCUT2D eigenvalue weighted by Gasteiger charge is -2.21. The summed E-state index contributed by atoms with van der Waals surface area (Å²) in [5, 5.41) is 2.36. The minimum absolute atomic E-state index is 0.0153. The van der Waals surface area contributed by atoms with Crippen LogP contribution in [-0.2, 0) is 17.5 Å². The molecule has 5 nitrogen and oxygen atoms in total. The molecule has 0 aliphatic rings. The first kappa shape index (κ1) is 23.8. The number of hydrogen-bond acceptors (Lipinski definition) is 3. The Hall–Kier alpha value is -3.88. The van der Waals surface area contributed by atoms with Gasteiger partial charge in [0.15, 0.2) is 6.61 Å². The first-order chi connectivity index (χ1) is 15.7. The molecular formula is C24H20F4N2O3. The Bertz CT molecular complexity index is 1150. The summed E-state index contributed by atoms with van der Waals surface area (Å²) in [7, 11) is 1.37. The van der Waals surface area contributed by atoms with E-state index in [2.05, 4.69) is 5.32 Å². The van der Waals surface area contributed by atoms with Gasteiger partial charge in [-0.25, -0.2) is 4.39 Å². The fourth-order valence-electron chi connectivity index (χ4n) is 3.13. The monoisotopic (exact) mass is 460 g/mol. The number of amides is 2. The van der Waals surface area contributed by atoms with Gasteiger partial charge in [-0.2, -0.15) is 13.2 Å². The zero-order valence-electron chi connectivity index (χ0n) is 17.5. The summed E-state index contributed by atoms with van der Waals surface area (Å²) in [6.07, 6.45) is -4.55. The van der Waals surface area contributed by atoms with Gasteiger partial charge < -0.3 is 15.0 Å². The maximum absolute atomic E-state index is 13.7. The number of benzene rings is 3. The minimum atomic E-state index is -4.55. The summed E-state index contributed by atoms with van der Waals surface area (Å²) >= 11 is 0. The molecule has 0 aliphatic carbocycles. The topological polar surface area (TPSA) is 58.6 Å². The number of nitrogens with one attached hydrogen (secondary N) is 1. The molecule has 0 spiro atoms. The number of carbonyl (C=O) groups is 2. The van der Waals surface area contributed by atoms with Gasteiger partial charge in [0, 0.05) is 13.6 Å². The molecule has 2 amide bonds. The van der Waals surface area contributed by atoms with Crippen LogP contribution in [-0.4, -0.2) is 30.4 Å². The van der Waals surface area contributed by atoms with Crippen LogP contribution < -0.4 is 10.1 Å². The summed E-state index contributed by atoms with van der Waals surface area (Å²) in [5.74, 6) is -1.77. The van der Waals surface area contributed by atoms with Gasteiger partial charge in [-0.15, -0.1) is 0 Å². The Kier molecular flexibility index (Phi) is 7.32. The molecular weight excluding hydrogens is 440 g/mol. The van der Waals surface area contributed by atoms with Crippen molar-refractivity contribution in [3.05, 3.63) is 95.3 Å². The summed E-state index contributed by atoms with van der Waals surface area (Å²) in [6.45, 7) is -0.782. The molecule has 1 N–H and O–H groups in total. The highest BCUT2D eigenvalue weighted by molar-refractivity contribution is 5.97. The predicted octanol–water partition coefficient (Wildman–Crippen LogP) is 5.13. The lowest BCUT2D eigenvalue weighted by atomic mass is 10.1. The molecule has 0 saturated heterocycles. The second kappa shape index (κ2) is 10.2. The van der Waals surface area contributed by atoms with Crippen LogP contribution in [0, 0.1) is 5.82 Å². The SMILES string of the molecule is CN(Cc1ccccc1C(F)(F)F)C(=O)c1ccccc1OCC(=O)Nc1ccccc1F. The van der Waals surface area contributed by atoms with E-state index in [1.165, 1.54) is 55.6 Å². The number of para-hydroxylation sites is 2. The van der Waals surface area contributed by atoms with Crippen molar-refractivity contribution in [2.24, 2.45) is 0 Å². The number of rotatable bonds is 7. The number of halogens is 4. The number of ether oxygens (including phenoxy) is 1. The van der Waals surface area contributed by atoms with E-state index in [9.17, 15) is 27.2 Å². The van der Waals surface area contributed by atoms with Crippen molar-refractivity contribution in [3.63, 3.8) is 0 Å². The van der Waals surface area contributed by atoms with E-state index >= 15 is 0 Å². The Balaban J connectivity index is 1.70. The van der Waals surface area contributed by atoms with E-state index in [1.807, 2.05) is 0 Å². The third-order valence-electron chi connectivity index (χ3n) is 4.70. The number of nitrogens with zero attached hydrogens (tertiary/aromatic N) is 1. The second-order valence-corrected chi connectivity index (χ2v) is 7.13. The number of carbonyl (C=O) groups excluding carboxylic acids is 2. The molecule has 0 atom stereocenters. The molecule has 33 heavy (non-hydrogen) atoms. The zero-order chi connectivity index (χ0) is 24.0. The van der Waals surface area contributed by atoms with Gasteiger partial charge in [0.05, 0.1) is 16.8 Å². The molecule has 0 fully saturated rings. The van der Waals surface area contributed by atoms with E-state index in [0.717, 1.165) is 11.0 Å². The molecule has 0 heterocycles. The summed E-state index contributed by atoms with van der Waals surface area (Å²) in [5.41, 5.74) is -0.816. The van der Waals surface area contributed by atoms with Crippen molar-refractivity contribution in [2.45, 2.75) is 12.7 Å². The predicted molar refractivity (Wildman–Crippen MR) is 114 cm³/mol. The third kappa shape index (κ3) is 6.09. The normalized spacial score (nSPS) is 11.1. The van der Waals surface area contributed by atoms with E-state index < -0.39 is 36.0 Å². The fourth-order valence-corrected chi connectivity index (χ4v) is 3.13. The van der Waals surface area contributed by atoms with E-state index in [1.54, 1.807) is 18.2 Å². The standard InChI is InChI=1S/C24H20F4N2O3/c1-30(14-16-8-2-4-10-18(16)24(26,27)28)23(32)17-9-3-7-13-21(17)33-15-22(31)29-20-12-6-5-11-19(20)25/h2-13H,14-15H2,1H3,(H,29,31). The summed E-state index contributed by atoms with van der Waals surface area (Å²) in [4.78, 5) is 26.2. The molecule has 0 aromatic heterocycles. The van der Waals surface area contributed by atoms with Gasteiger partial charge in [0.2, 0.25) is 0 Å². The quantitative estimate of drug-likeness (QED) is 0.497. The van der Waals surface area contributed by atoms with E-state index in [4.69, 9.17) is 4.74 Å². The Morgan fingerprint density at radius 3 is 2.30 bits per heavy atom. The van der Waals surface area contributed by atoms with Crippen molar-refractivity contribution in [1.82, 2.24) is 4.90 Å². The van der Waals surface area contributed by atoms with Gasteiger partial charge in [-0.3, -0.25) is 9.59 Å². The molecule has 9 heteroatoms. The van der Waals surface area contributed by atoms with Crippen molar-refractivity contribution in [3.8, 4) is 5.75 Å². The zero-order valence-corrected chi connectivity index (χ0v) is 17.5. The smallest absolute Gasteiger partial charge is 0.416 e. The van der Waals surface area contributed by atoms with Gasteiger partial charge >= 0.3 is 6.18 Å². The molecule has 172 valence electrons. The van der Waals surface area contributed by atoms with Crippen molar-refractivity contribution >= 4 is 17.5 Å². The van der Waals surface area contributed by atoms with Gasteiger partial charge in [0.1, 0.15) is 11.6 Å². The summed E-state index contributed by atoms with van der Waals surface area (Å²) < 4.78 is 58.9. The third-order valence-corrected chi connectivity index (χ3v) is 4.70. The number of hydrogen-bond donors (Lipinski definition) is 1. The van der Waals surface area contributed by atoms with E-state index in [-0.39, 0.29) is 29.1 Å². The van der Waals surface area contributed by atoms with Crippen molar-refractivity contribution in [1.29, 1.82) is 0 Å². The molecule has 0 bridgehead atoms. The van der Waals surface area contributed by atoms with Crippen LogP contribution in [0.2, 0.25) is 0 Å². The maximum atomic E-state index is 13.7. The average molecular weight is 460 g/mol. The lowest BCUT2D eigenvalue weighted by Crippen LogP contribution is -2.28. The highest BCUT2D eigenvalue weighted by Crippen LogP contribution is 2.32. The van der Waals surface area contributed by atoms with E-state index in [0.29, 0.717) is 0 Å². The lowest BCUT2D eigenvalue weighted by molar-refractivity contribution is -0.138. The first-order valence-corrected chi connectivity index (χ1v) is 9.83. The number of anilines is 1. The second-order valence-electron chi connectivity index (χ2n) is 7.13. The number of alkyl halides is 3. The van der Waals surface area contributed by atoms with Crippen LogP contribution in [0.5, 0.6) is 5.75 Å². The van der Waals surface area contributed by atoms with Crippen LogP contribution >= 0.6 is 0 Å². The van der Waals surface area contributed by atoms with Crippen LogP contribution in [0.4, 0.5) is 23.2 Å². The van der Waals surface area contributed by atoms with Gasteiger partial charge in [-0.05, 0) is 35.9 Å². The highest BCUT2D eigenvalue weighted by atomic mass is 19.4. The van der Waals surface area contributed by atoms with Crippen LogP contribution in [0.1, 0.15) is 21.5 Å². The fraction of sp³-hybridized carbons (Fsp3) is 0.167. The minimum Gasteiger partial charge on any atom is -0.483 e.